The van der Waals surface area contributed by atoms with Crippen LogP contribution in [0.15, 0.2) is 54.6 Å². The maximum atomic E-state index is 12.9. The predicted octanol–water partition coefficient (Wildman–Crippen LogP) is 4.59. The van der Waals surface area contributed by atoms with Crippen molar-refractivity contribution in [3.63, 3.8) is 0 Å². The molecule has 0 spiro atoms. The van der Waals surface area contributed by atoms with Gasteiger partial charge >= 0.3 is 0 Å². The van der Waals surface area contributed by atoms with Crippen molar-refractivity contribution in [3.05, 3.63) is 71.4 Å². The Bertz CT molecular complexity index is 981. The number of carbonyl (C=O) groups is 1. The Morgan fingerprint density at radius 1 is 1.00 bits per heavy atom. The van der Waals surface area contributed by atoms with Crippen LogP contribution in [0.2, 0.25) is 0 Å². The molecule has 3 aromatic rings. The summed E-state index contributed by atoms with van der Waals surface area (Å²) in [6.45, 7) is 4.02. The molecule has 0 radical (unpaired) electrons. The molecule has 4 rings (SSSR count). The lowest BCUT2D eigenvalue weighted by Gasteiger charge is -2.12. The Kier molecular flexibility index (Phi) is 4.59. The fourth-order valence-electron chi connectivity index (χ4n) is 2.93. The zero-order chi connectivity index (χ0) is 18.8. The summed E-state index contributed by atoms with van der Waals surface area (Å²) in [6.07, 6.45) is 2.27. The molecule has 1 aliphatic carbocycles. The maximum absolute atomic E-state index is 12.9. The Labute approximate surface area is 158 Å². The number of anilines is 2. The molecular weight excluding hydrogens is 336 g/mol. The van der Waals surface area contributed by atoms with Crippen LogP contribution in [0.3, 0.4) is 0 Å². The molecule has 1 aliphatic rings. The summed E-state index contributed by atoms with van der Waals surface area (Å²) in [7, 11) is 0. The lowest BCUT2D eigenvalue weighted by Crippen LogP contribution is -2.16. The first-order valence-corrected chi connectivity index (χ1v) is 9.18. The summed E-state index contributed by atoms with van der Waals surface area (Å²) < 4.78 is 0. The van der Waals surface area contributed by atoms with Gasteiger partial charge in [0.2, 0.25) is 0 Å². The fraction of sp³-hybridized carbons (Fsp3) is 0.227. The monoisotopic (exact) mass is 358 g/mol. The number of nitrogens with zero attached hydrogens (tertiary/aromatic N) is 2. The third-order valence-electron chi connectivity index (χ3n) is 4.55. The van der Waals surface area contributed by atoms with Gasteiger partial charge in [0, 0.05) is 23.4 Å². The van der Waals surface area contributed by atoms with Crippen molar-refractivity contribution in [1.82, 2.24) is 9.97 Å². The van der Waals surface area contributed by atoms with Crippen LogP contribution < -0.4 is 10.6 Å². The Balaban J connectivity index is 1.66. The molecule has 0 unspecified atom stereocenters. The van der Waals surface area contributed by atoms with Gasteiger partial charge in [-0.2, -0.15) is 0 Å². The van der Waals surface area contributed by atoms with E-state index in [1.165, 1.54) is 0 Å². The van der Waals surface area contributed by atoms with Gasteiger partial charge in [-0.05, 0) is 38.3 Å². The first kappa shape index (κ1) is 17.2. The molecule has 1 fully saturated rings. The van der Waals surface area contributed by atoms with Gasteiger partial charge in [0.05, 0.1) is 0 Å². The molecule has 0 saturated heterocycles. The molecule has 0 aliphatic heterocycles. The Hall–Kier alpha value is -3.21. The summed E-state index contributed by atoms with van der Waals surface area (Å²) in [5.41, 5.74) is 4.22. The Morgan fingerprint density at radius 3 is 2.48 bits per heavy atom. The van der Waals surface area contributed by atoms with Gasteiger partial charge in [-0.15, -0.1) is 0 Å². The van der Waals surface area contributed by atoms with Crippen LogP contribution in [0.4, 0.5) is 11.5 Å². The molecule has 0 atom stereocenters. The highest BCUT2D eigenvalue weighted by Crippen LogP contribution is 2.26. The second kappa shape index (κ2) is 7.19. The average molecular weight is 358 g/mol. The van der Waals surface area contributed by atoms with Gasteiger partial charge in [0.25, 0.3) is 5.91 Å². The summed E-state index contributed by atoms with van der Waals surface area (Å²) in [6, 6.07) is 17.8. The number of carbonyl (C=O) groups excluding carboxylic acids is 1. The first-order chi connectivity index (χ1) is 13.1. The summed E-state index contributed by atoms with van der Waals surface area (Å²) in [5.74, 6) is 1.00. The molecule has 5 heteroatoms. The Morgan fingerprint density at radius 2 is 1.78 bits per heavy atom. The average Bonchev–Trinajstić information content (AvgIpc) is 3.48. The van der Waals surface area contributed by atoms with E-state index in [4.69, 9.17) is 0 Å². The largest absolute Gasteiger partial charge is 0.367 e. The highest BCUT2D eigenvalue weighted by Gasteiger charge is 2.23. The van der Waals surface area contributed by atoms with Crippen molar-refractivity contribution >= 4 is 17.4 Å². The summed E-state index contributed by atoms with van der Waals surface area (Å²) >= 11 is 0. The lowest BCUT2D eigenvalue weighted by molar-refractivity contribution is 0.102. The number of rotatable bonds is 5. The van der Waals surface area contributed by atoms with Crippen molar-refractivity contribution in [3.8, 4) is 11.4 Å². The standard InChI is InChI=1S/C22H22N4O/c1-14-8-11-18(15(2)12-14)25-22(27)19-13-20(23-17-9-10-17)26-21(24-19)16-6-4-3-5-7-16/h3-8,11-13,17H,9-10H2,1-2H3,(H,25,27)(H,23,24,26). The predicted molar refractivity (Wildman–Crippen MR) is 108 cm³/mol. The van der Waals surface area contributed by atoms with Crippen LogP contribution in [0.1, 0.15) is 34.5 Å². The van der Waals surface area contributed by atoms with Gasteiger partial charge in [0.1, 0.15) is 11.5 Å². The molecule has 0 bridgehead atoms. The van der Waals surface area contributed by atoms with Crippen LogP contribution in [0.25, 0.3) is 11.4 Å². The lowest BCUT2D eigenvalue weighted by atomic mass is 10.1. The van der Waals surface area contributed by atoms with E-state index in [9.17, 15) is 4.79 Å². The van der Waals surface area contributed by atoms with Crippen molar-refractivity contribution in [1.29, 1.82) is 0 Å². The zero-order valence-corrected chi connectivity index (χ0v) is 15.5. The SMILES string of the molecule is Cc1ccc(NC(=O)c2cc(NC3CC3)nc(-c3ccccc3)n2)c(C)c1. The van der Waals surface area contributed by atoms with Crippen molar-refractivity contribution in [2.45, 2.75) is 32.7 Å². The van der Waals surface area contributed by atoms with Gasteiger partial charge in [0.15, 0.2) is 5.82 Å². The van der Waals surface area contributed by atoms with Crippen LogP contribution in [0.5, 0.6) is 0 Å². The summed E-state index contributed by atoms with van der Waals surface area (Å²) in [5, 5.41) is 6.34. The first-order valence-electron chi connectivity index (χ1n) is 9.18. The van der Waals surface area contributed by atoms with E-state index in [1.54, 1.807) is 6.07 Å². The molecule has 5 nitrogen and oxygen atoms in total. The van der Waals surface area contributed by atoms with E-state index in [1.807, 2.05) is 62.4 Å². The number of amides is 1. The number of nitrogens with one attached hydrogen (secondary N) is 2. The van der Waals surface area contributed by atoms with E-state index >= 15 is 0 Å². The minimum absolute atomic E-state index is 0.236. The third kappa shape index (κ3) is 4.14. The molecule has 2 aromatic carbocycles. The third-order valence-corrected chi connectivity index (χ3v) is 4.55. The van der Waals surface area contributed by atoms with Gasteiger partial charge in [-0.25, -0.2) is 9.97 Å². The molecule has 1 heterocycles. The topological polar surface area (TPSA) is 66.9 Å². The van der Waals surface area contributed by atoms with Gasteiger partial charge < -0.3 is 10.6 Å². The van der Waals surface area contributed by atoms with E-state index < -0.39 is 0 Å². The smallest absolute Gasteiger partial charge is 0.274 e. The van der Waals surface area contributed by atoms with Crippen molar-refractivity contribution < 1.29 is 4.79 Å². The van der Waals surface area contributed by atoms with Crippen molar-refractivity contribution in [2.75, 3.05) is 10.6 Å². The molecule has 1 saturated carbocycles. The van der Waals surface area contributed by atoms with E-state index in [-0.39, 0.29) is 5.91 Å². The number of hydrogen-bond acceptors (Lipinski definition) is 4. The van der Waals surface area contributed by atoms with Crippen LogP contribution in [0, 0.1) is 13.8 Å². The van der Waals surface area contributed by atoms with Gasteiger partial charge in [-0.3, -0.25) is 4.79 Å². The number of aromatic nitrogens is 2. The van der Waals surface area contributed by atoms with Gasteiger partial charge in [-0.1, -0.05) is 48.0 Å². The zero-order valence-electron chi connectivity index (χ0n) is 15.5. The molecule has 1 amide bonds. The molecule has 27 heavy (non-hydrogen) atoms. The minimum Gasteiger partial charge on any atom is -0.367 e. The second-order valence-corrected chi connectivity index (χ2v) is 7.02. The molecule has 136 valence electrons. The molecule has 2 N–H and O–H groups in total. The molecule has 1 aromatic heterocycles. The van der Waals surface area contributed by atoms with Crippen LogP contribution >= 0.6 is 0 Å². The molecular formula is C22H22N4O. The second-order valence-electron chi connectivity index (χ2n) is 7.02. The quantitative estimate of drug-likeness (QED) is 0.700. The number of aryl methyl sites for hydroxylation is 2. The highest BCUT2D eigenvalue weighted by atomic mass is 16.1. The fourth-order valence-corrected chi connectivity index (χ4v) is 2.93. The number of benzene rings is 2. The van der Waals surface area contributed by atoms with Crippen LogP contribution in [-0.4, -0.2) is 21.9 Å². The van der Waals surface area contributed by atoms with E-state index in [0.717, 1.165) is 35.2 Å². The van der Waals surface area contributed by atoms with E-state index in [2.05, 4.69) is 20.6 Å². The van der Waals surface area contributed by atoms with Crippen molar-refractivity contribution in [2.24, 2.45) is 0 Å². The maximum Gasteiger partial charge on any atom is 0.274 e. The highest BCUT2D eigenvalue weighted by molar-refractivity contribution is 6.04. The number of hydrogen-bond donors (Lipinski definition) is 2. The van der Waals surface area contributed by atoms with Crippen LogP contribution in [-0.2, 0) is 0 Å². The normalized spacial score (nSPS) is 13.3. The minimum atomic E-state index is -0.236. The van der Waals surface area contributed by atoms with E-state index in [0.29, 0.717) is 23.4 Å². The summed E-state index contributed by atoms with van der Waals surface area (Å²) in [4.78, 5) is 22.0.